The third-order valence-corrected chi connectivity index (χ3v) is 4.58. The Kier molecular flexibility index (Phi) is 6.84. The molecule has 0 fully saturated rings. The van der Waals surface area contributed by atoms with Gasteiger partial charge >= 0.3 is 0 Å². The van der Waals surface area contributed by atoms with Gasteiger partial charge in [-0.2, -0.15) is 0 Å². The van der Waals surface area contributed by atoms with E-state index in [4.69, 9.17) is 4.74 Å². The van der Waals surface area contributed by atoms with Gasteiger partial charge in [0.2, 0.25) is 0 Å². The summed E-state index contributed by atoms with van der Waals surface area (Å²) in [6.07, 6.45) is 0. The highest BCUT2D eigenvalue weighted by Gasteiger charge is 2.10. The van der Waals surface area contributed by atoms with Crippen molar-refractivity contribution in [3.05, 3.63) is 102 Å². The average Bonchev–Trinajstić information content (AvgIpc) is 2.74. The molecule has 0 spiro atoms. The number of benzene rings is 3. The van der Waals surface area contributed by atoms with Crippen LogP contribution in [0.3, 0.4) is 0 Å². The summed E-state index contributed by atoms with van der Waals surface area (Å²) in [6, 6.07) is 29.5. The lowest BCUT2D eigenvalue weighted by molar-refractivity contribution is 0.315. The zero-order valence-corrected chi connectivity index (χ0v) is 16.1. The molecule has 2 nitrogen and oxygen atoms in total. The van der Waals surface area contributed by atoms with Crippen LogP contribution in [0.4, 0.5) is 0 Å². The molecule has 1 N–H and O–H groups in total. The number of ether oxygens (including phenoxy) is 1. The summed E-state index contributed by atoms with van der Waals surface area (Å²) < 4.78 is 5.82. The van der Waals surface area contributed by atoms with Crippen molar-refractivity contribution in [1.29, 1.82) is 0 Å². The Hall–Kier alpha value is -2.84. The Morgan fingerprint density at radius 3 is 1.89 bits per heavy atom. The van der Waals surface area contributed by atoms with Gasteiger partial charge in [0.1, 0.15) is 12.4 Å². The van der Waals surface area contributed by atoms with Gasteiger partial charge in [0.05, 0.1) is 0 Å². The first-order chi connectivity index (χ1) is 13.3. The van der Waals surface area contributed by atoms with E-state index in [1.54, 1.807) is 0 Å². The van der Waals surface area contributed by atoms with Crippen molar-refractivity contribution in [3.63, 3.8) is 0 Å². The maximum absolute atomic E-state index is 5.82. The summed E-state index contributed by atoms with van der Waals surface area (Å²) in [6.45, 7) is 6.80. The molecular formula is C25H27NO. The molecule has 138 valence electrons. The van der Waals surface area contributed by atoms with Crippen molar-refractivity contribution in [1.82, 2.24) is 5.32 Å². The summed E-state index contributed by atoms with van der Waals surface area (Å²) in [5, 5.41) is 3.27. The minimum atomic E-state index is 0.678. The fourth-order valence-corrected chi connectivity index (χ4v) is 3.17. The highest BCUT2D eigenvalue weighted by atomic mass is 16.5. The molecule has 0 bridgehead atoms. The van der Waals surface area contributed by atoms with Gasteiger partial charge in [-0.05, 0) is 53.4 Å². The lowest BCUT2D eigenvalue weighted by Gasteiger charge is -2.15. The summed E-state index contributed by atoms with van der Waals surface area (Å²) in [5.74, 6) is 0.904. The van der Waals surface area contributed by atoms with Gasteiger partial charge in [-0.25, -0.2) is 0 Å². The Bertz CT molecular complexity index is 852. The van der Waals surface area contributed by atoms with Crippen LogP contribution in [0.25, 0.3) is 11.1 Å². The van der Waals surface area contributed by atoms with Gasteiger partial charge in [-0.1, -0.05) is 79.7 Å². The van der Waals surface area contributed by atoms with Crippen LogP contribution in [0.2, 0.25) is 0 Å². The highest BCUT2D eigenvalue weighted by Crippen LogP contribution is 2.32. The molecule has 0 saturated heterocycles. The third kappa shape index (κ3) is 5.08. The number of hydrogen-bond acceptors (Lipinski definition) is 2. The van der Waals surface area contributed by atoms with Gasteiger partial charge in [0, 0.05) is 6.54 Å². The van der Waals surface area contributed by atoms with Crippen LogP contribution in [-0.2, 0) is 0 Å². The summed E-state index contributed by atoms with van der Waals surface area (Å²) in [4.78, 5) is 0. The predicted octanol–water partition coefficient (Wildman–Crippen LogP) is 5.65. The second-order valence-corrected chi connectivity index (χ2v) is 6.46. The molecule has 0 aromatic heterocycles. The second kappa shape index (κ2) is 9.75. The lowest BCUT2D eigenvalue weighted by atomic mass is 9.90. The molecule has 3 aromatic carbocycles. The van der Waals surface area contributed by atoms with Crippen molar-refractivity contribution in [2.75, 3.05) is 19.7 Å². The molecular weight excluding hydrogens is 330 g/mol. The number of allylic oxidation sites excluding steroid dienone is 1. The van der Waals surface area contributed by atoms with Gasteiger partial charge < -0.3 is 10.1 Å². The molecule has 0 radical (unpaired) electrons. The van der Waals surface area contributed by atoms with Crippen molar-refractivity contribution in [3.8, 4) is 5.75 Å². The molecule has 3 aromatic rings. The monoisotopic (exact) mass is 357 g/mol. The van der Waals surface area contributed by atoms with E-state index in [0.717, 1.165) is 18.8 Å². The maximum atomic E-state index is 5.82. The topological polar surface area (TPSA) is 21.3 Å². The molecule has 2 heteroatoms. The van der Waals surface area contributed by atoms with Gasteiger partial charge in [0.15, 0.2) is 0 Å². The van der Waals surface area contributed by atoms with E-state index in [1.807, 2.05) is 0 Å². The van der Waals surface area contributed by atoms with Crippen LogP contribution < -0.4 is 10.1 Å². The summed E-state index contributed by atoms with van der Waals surface area (Å²) in [7, 11) is 0. The zero-order valence-electron chi connectivity index (χ0n) is 16.1. The highest BCUT2D eigenvalue weighted by molar-refractivity contribution is 5.97. The summed E-state index contributed by atoms with van der Waals surface area (Å²) >= 11 is 0. The fraction of sp³-hybridized carbons (Fsp3) is 0.200. The van der Waals surface area contributed by atoms with Crippen LogP contribution in [0.1, 0.15) is 30.5 Å². The van der Waals surface area contributed by atoms with Crippen LogP contribution in [0, 0.1) is 0 Å². The fourth-order valence-electron chi connectivity index (χ4n) is 3.17. The molecule has 0 unspecified atom stereocenters. The predicted molar refractivity (Wildman–Crippen MR) is 115 cm³/mol. The number of rotatable bonds is 8. The average molecular weight is 357 g/mol. The maximum Gasteiger partial charge on any atom is 0.119 e. The quantitative estimate of drug-likeness (QED) is 0.415. The third-order valence-electron chi connectivity index (χ3n) is 4.58. The Balaban J connectivity index is 1.92. The van der Waals surface area contributed by atoms with E-state index < -0.39 is 0 Å². The number of hydrogen-bond donors (Lipinski definition) is 1. The van der Waals surface area contributed by atoms with Crippen molar-refractivity contribution >= 4 is 11.1 Å². The van der Waals surface area contributed by atoms with E-state index in [0.29, 0.717) is 6.61 Å². The molecule has 27 heavy (non-hydrogen) atoms. The van der Waals surface area contributed by atoms with Crippen molar-refractivity contribution in [2.45, 2.75) is 13.8 Å². The molecule has 0 aliphatic carbocycles. The minimum Gasteiger partial charge on any atom is -0.492 e. The van der Waals surface area contributed by atoms with E-state index >= 15 is 0 Å². The van der Waals surface area contributed by atoms with Crippen LogP contribution in [0.15, 0.2) is 84.9 Å². The molecule has 0 amide bonds. The first-order valence-electron chi connectivity index (χ1n) is 9.55. The zero-order chi connectivity index (χ0) is 18.9. The first-order valence-corrected chi connectivity index (χ1v) is 9.55. The molecule has 0 aliphatic rings. The van der Waals surface area contributed by atoms with E-state index in [9.17, 15) is 0 Å². The number of likely N-dealkylation sites (N-methyl/N-ethyl adjacent to an activating group) is 1. The normalized spacial score (nSPS) is 11.8. The molecule has 3 rings (SSSR count). The Morgan fingerprint density at radius 1 is 0.741 bits per heavy atom. The van der Waals surface area contributed by atoms with E-state index in [-0.39, 0.29) is 0 Å². The number of nitrogens with one attached hydrogen (secondary N) is 1. The van der Waals surface area contributed by atoms with Crippen LogP contribution in [0.5, 0.6) is 5.75 Å². The van der Waals surface area contributed by atoms with Gasteiger partial charge in [-0.3, -0.25) is 0 Å². The van der Waals surface area contributed by atoms with Crippen molar-refractivity contribution < 1.29 is 4.74 Å². The smallest absolute Gasteiger partial charge is 0.119 e. The van der Waals surface area contributed by atoms with Crippen LogP contribution >= 0.6 is 0 Å². The first kappa shape index (κ1) is 18.9. The molecule has 0 saturated carbocycles. The SMILES string of the molecule is CCNCCOc1ccc(/C(=C(/C)c2ccccc2)c2ccccc2)cc1. The molecule has 0 heterocycles. The van der Waals surface area contributed by atoms with Crippen molar-refractivity contribution in [2.24, 2.45) is 0 Å². The van der Waals surface area contributed by atoms with E-state index in [2.05, 4.69) is 104 Å². The lowest BCUT2D eigenvalue weighted by Crippen LogP contribution is -2.20. The van der Waals surface area contributed by atoms with Gasteiger partial charge in [-0.15, -0.1) is 0 Å². The van der Waals surface area contributed by atoms with E-state index in [1.165, 1.54) is 27.8 Å². The van der Waals surface area contributed by atoms with Gasteiger partial charge in [0.25, 0.3) is 0 Å². The Labute approximate surface area is 162 Å². The summed E-state index contributed by atoms with van der Waals surface area (Å²) in [5.41, 5.74) is 6.17. The molecule has 0 aliphatic heterocycles. The Morgan fingerprint density at radius 2 is 1.30 bits per heavy atom. The van der Waals surface area contributed by atoms with Crippen LogP contribution in [-0.4, -0.2) is 19.7 Å². The second-order valence-electron chi connectivity index (χ2n) is 6.46. The molecule has 0 atom stereocenters. The minimum absolute atomic E-state index is 0.678. The standard InChI is InChI=1S/C25H27NO/c1-3-26-18-19-27-24-16-14-23(15-17-24)25(22-12-8-5-9-13-22)20(2)21-10-6-4-7-11-21/h4-17,26H,3,18-19H2,1-2H3/b25-20-. The largest absolute Gasteiger partial charge is 0.492 e.